The second-order valence-corrected chi connectivity index (χ2v) is 10.8. The Bertz CT molecular complexity index is 1340. The highest BCUT2D eigenvalue weighted by Gasteiger charge is 2.13. The van der Waals surface area contributed by atoms with Crippen LogP contribution < -0.4 is 5.43 Å². The minimum Gasteiger partial charge on any atom is -0.506 e. The summed E-state index contributed by atoms with van der Waals surface area (Å²) in [5.74, 6) is 0.0254. The van der Waals surface area contributed by atoms with Gasteiger partial charge in [0.1, 0.15) is 5.75 Å². The summed E-state index contributed by atoms with van der Waals surface area (Å²) in [6, 6.07) is 19.2. The van der Waals surface area contributed by atoms with Gasteiger partial charge in [0, 0.05) is 14.2 Å². The zero-order valence-corrected chi connectivity index (χ0v) is 22.9. The molecule has 0 aliphatic rings. The number of aromatic nitrogens is 2. The number of halogens is 3. The first kappa shape index (κ1) is 24.3. The normalized spacial score (nSPS) is 11.4. The zero-order valence-electron chi connectivity index (χ0n) is 17.0. The molecule has 4 rings (SSSR count). The summed E-state index contributed by atoms with van der Waals surface area (Å²) in [5.41, 5.74) is 6.02. The summed E-state index contributed by atoms with van der Waals surface area (Å²) < 4.78 is 3.78. The van der Waals surface area contributed by atoms with Gasteiger partial charge in [-0.2, -0.15) is 5.10 Å². The Morgan fingerprint density at radius 3 is 2.73 bits per heavy atom. The van der Waals surface area contributed by atoms with Crippen molar-refractivity contribution in [2.24, 2.45) is 5.10 Å². The predicted octanol–water partition coefficient (Wildman–Crippen LogP) is 5.90. The maximum absolute atomic E-state index is 12.4. The molecule has 0 atom stereocenters. The van der Waals surface area contributed by atoms with Crippen molar-refractivity contribution < 1.29 is 9.90 Å². The highest BCUT2D eigenvalue weighted by Crippen LogP contribution is 2.27. The van der Waals surface area contributed by atoms with Crippen molar-refractivity contribution in [2.45, 2.75) is 11.7 Å². The third-order valence-corrected chi connectivity index (χ3v) is 7.33. The molecule has 4 aromatic rings. The van der Waals surface area contributed by atoms with E-state index in [2.05, 4.69) is 60.3 Å². The van der Waals surface area contributed by atoms with Crippen molar-refractivity contribution in [1.29, 1.82) is 0 Å². The minimum absolute atomic E-state index is 0.138. The minimum atomic E-state index is -0.263. The number of nitrogens with one attached hydrogen (secondary N) is 1. The van der Waals surface area contributed by atoms with Crippen LogP contribution in [-0.2, 0) is 11.3 Å². The third-order valence-electron chi connectivity index (χ3n) is 4.66. The maximum Gasteiger partial charge on any atom is 0.250 e. The largest absolute Gasteiger partial charge is 0.506 e. The van der Waals surface area contributed by atoms with Crippen LogP contribution in [0, 0.1) is 7.14 Å². The van der Waals surface area contributed by atoms with Gasteiger partial charge in [-0.05, 0) is 87.1 Å². The van der Waals surface area contributed by atoms with Crippen molar-refractivity contribution in [2.75, 3.05) is 5.75 Å². The Morgan fingerprint density at radius 2 is 1.94 bits per heavy atom. The summed E-state index contributed by atoms with van der Waals surface area (Å²) in [7, 11) is 0. The maximum atomic E-state index is 12.4. The average Bonchev–Trinajstić information content (AvgIpc) is 3.14. The molecular weight excluding hydrogens is 686 g/mol. The van der Waals surface area contributed by atoms with Crippen molar-refractivity contribution in [1.82, 2.24) is 15.0 Å². The second-order valence-electron chi connectivity index (χ2n) is 7.00. The Hall–Kier alpha value is -1.83. The number of thioether (sulfide) groups is 1. The van der Waals surface area contributed by atoms with Crippen LogP contribution in [0.1, 0.15) is 11.1 Å². The molecule has 1 aromatic heterocycles. The fourth-order valence-electron chi connectivity index (χ4n) is 3.11. The van der Waals surface area contributed by atoms with E-state index >= 15 is 0 Å². The first-order valence-corrected chi connectivity index (χ1v) is 13.3. The number of aromatic hydroxyl groups is 1. The molecule has 0 saturated carbocycles. The van der Waals surface area contributed by atoms with Gasteiger partial charge < -0.3 is 9.67 Å². The number of amides is 1. The van der Waals surface area contributed by atoms with Crippen LogP contribution in [-0.4, -0.2) is 32.5 Å². The Morgan fingerprint density at radius 1 is 1.18 bits per heavy atom. The van der Waals surface area contributed by atoms with Gasteiger partial charge in [0.15, 0.2) is 5.16 Å². The number of fused-ring (bicyclic) bond motifs is 1. The van der Waals surface area contributed by atoms with E-state index in [0.717, 1.165) is 28.9 Å². The number of hydrogen-bond donors (Lipinski definition) is 2. The van der Waals surface area contributed by atoms with Gasteiger partial charge in [0.05, 0.1) is 33.1 Å². The Labute approximate surface area is 227 Å². The van der Waals surface area contributed by atoms with Crippen molar-refractivity contribution in [3.63, 3.8) is 0 Å². The lowest BCUT2D eigenvalue weighted by Crippen LogP contribution is -2.20. The molecular formula is C23H17ClI2N4O2S. The van der Waals surface area contributed by atoms with E-state index in [9.17, 15) is 9.90 Å². The molecule has 3 aromatic carbocycles. The molecule has 0 fully saturated rings. The topological polar surface area (TPSA) is 79.5 Å². The number of phenols is 1. The number of benzene rings is 3. The molecule has 0 saturated heterocycles. The summed E-state index contributed by atoms with van der Waals surface area (Å²) in [4.78, 5) is 17.1. The third kappa shape index (κ3) is 6.19. The van der Waals surface area contributed by atoms with Crippen molar-refractivity contribution in [3.05, 3.63) is 84.0 Å². The van der Waals surface area contributed by atoms with E-state index in [1.165, 1.54) is 18.0 Å². The molecule has 168 valence electrons. The molecule has 0 radical (unpaired) electrons. The standard InChI is InChI=1S/C23H17ClI2N4O2S/c24-16-7-5-14(6-8-16)12-30-20-4-2-1-3-19(20)28-23(30)33-13-21(31)29-27-11-15-9-17(25)10-18(26)22(15)32/h1-11,32H,12-13H2,(H,29,31)/b27-11+. The second kappa shape index (κ2) is 11.1. The van der Waals surface area contributed by atoms with Gasteiger partial charge >= 0.3 is 0 Å². The number of imidazole rings is 1. The quantitative estimate of drug-likeness (QED) is 0.109. The molecule has 0 aliphatic carbocycles. The smallest absolute Gasteiger partial charge is 0.250 e. The highest BCUT2D eigenvalue weighted by atomic mass is 127. The fourth-order valence-corrected chi connectivity index (χ4v) is 5.93. The molecule has 1 heterocycles. The molecule has 10 heteroatoms. The molecule has 0 unspecified atom stereocenters. The average molecular weight is 703 g/mol. The fraction of sp³-hybridized carbons (Fsp3) is 0.0870. The lowest BCUT2D eigenvalue weighted by molar-refractivity contribution is -0.118. The molecule has 0 bridgehead atoms. The number of hydrazone groups is 1. The number of carbonyl (C=O) groups excluding carboxylic acids is 1. The van der Waals surface area contributed by atoms with Crippen LogP contribution in [0.2, 0.25) is 5.02 Å². The first-order chi connectivity index (χ1) is 15.9. The zero-order chi connectivity index (χ0) is 23.4. The molecule has 33 heavy (non-hydrogen) atoms. The Balaban J connectivity index is 1.45. The van der Waals surface area contributed by atoms with Crippen LogP contribution in [0.5, 0.6) is 5.75 Å². The summed E-state index contributed by atoms with van der Waals surface area (Å²) >= 11 is 11.6. The van der Waals surface area contributed by atoms with E-state index in [-0.39, 0.29) is 17.4 Å². The first-order valence-electron chi connectivity index (χ1n) is 9.73. The summed E-state index contributed by atoms with van der Waals surface area (Å²) in [5, 5.41) is 15.6. The molecule has 1 amide bonds. The molecule has 6 nitrogen and oxygen atoms in total. The number of nitrogens with zero attached hydrogens (tertiary/aromatic N) is 3. The number of rotatable bonds is 7. The van der Waals surface area contributed by atoms with Gasteiger partial charge in [-0.3, -0.25) is 4.79 Å². The summed E-state index contributed by atoms with van der Waals surface area (Å²) in [6.45, 7) is 0.615. The molecule has 0 aliphatic heterocycles. The van der Waals surface area contributed by atoms with Gasteiger partial charge in [-0.1, -0.05) is 47.6 Å². The monoisotopic (exact) mass is 702 g/mol. The van der Waals surface area contributed by atoms with Crippen LogP contribution in [0.4, 0.5) is 0 Å². The van der Waals surface area contributed by atoms with E-state index in [1.807, 2.05) is 54.6 Å². The lowest BCUT2D eigenvalue weighted by atomic mass is 10.2. The molecule has 2 N–H and O–H groups in total. The van der Waals surface area contributed by atoms with E-state index in [1.54, 1.807) is 6.07 Å². The van der Waals surface area contributed by atoms with E-state index in [4.69, 9.17) is 16.6 Å². The lowest BCUT2D eigenvalue weighted by Gasteiger charge is -2.09. The highest BCUT2D eigenvalue weighted by molar-refractivity contribution is 14.1. The van der Waals surface area contributed by atoms with Gasteiger partial charge in [-0.15, -0.1) is 0 Å². The number of carbonyl (C=O) groups is 1. The van der Waals surface area contributed by atoms with Crippen LogP contribution in [0.15, 0.2) is 70.9 Å². The predicted molar refractivity (Wildman–Crippen MR) is 150 cm³/mol. The number of hydrogen-bond acceptors (Lipinski definition) is 5. The SMILES string of the molecule is O=C(CSc1nc2ccccc2n1Cc1ccc(Cl)cc1)N/N=C/c1cc(I)cc(I)c1O. The van der Waals surface area contributed by atoms with Gasteiger partial charge in [0.2, 0.25) is 0 Å². The van der Waals surface area contributed by atoms with Crippen LogP contribution >= 0.6 is 68.5 Å². The van der Waals surface area contributed by atoms with E-state index < -0.39 is 0 Å². The van der Waals surface area contributed by atoms with Gasteiger partial charge in [-0.25, -0.2) is 10.4 Å². The van der Waals surface area contributed by atoms with Crippen molar-refractivity contribution in [3.8, 4) is 5.75 Å². The number of para-hydroxylation sites is 2. The summed E-state index contributed by atoms with van der Waals surface area (Å²) in [6.07, 6.45) is 1.44. The van der Waals surface area contributed by atoms with E-state index in [0.29, 0.717) is 17.1 Å². The van der Waals surface area contributed by atoms with Gasteiger partial charge in [0.25, 0.3) is 5.91 Å². The number of phenolic OH excluding ortho intramolecular Hbond substituents is 1. The van der Waals surface area contributed by atoms with Crippen LogP contribution in [0.3, 0.4) is 0 Å². The van der Waals surface area contributed by atoms with Crippen molar-refractivity contribution >= 4 is 91.7 Å². The molecule has 0 spiro atoms. The Kier molecular flexibility index (Phi) is 8.15. The van der Waals surface area contributed by atoms with Crippen LogP contribution in [0.25, 0.3) is 11.0 Å².